The Labute approximate surface area is 121 Å². The van der Waals surface area contributed by atoms with E-state index in [0.29, 0.717) is 38.4 Å². The van der Waals surface area contributed by atoms with Gasteiger partial charge in [-0.1, -0.05) is 13.8 Å². The fraction of sp³-hybridized carbons (Fsp3) is 0.923. The highest BCUT2D eigenvalue weighted by Gasteiger charge is 2.26. The molecule has 0 aromatic heterocycles. The van der Waals surface area contributed by atoms with E-state index in [1.54, 1.807) is 0 Å². The summed E-state index contributed by atoms with van der Waals surface area (Å²) in [5.74, 6) is -0.191. The highest BCUT2D eigenvalue weighted by Crippen LogP contribution is 2.17. The number of hydrogen-bond acceptors (Lipinski definition) is 3. The van der Waals surface area contributed by atoms with Crippen LogP contribution in [0.5, 0.6) is 0 Å². The number of aliphatic carboxylic acids is 1. The molecule has 0 aromatic rings. The topological polar surface area (TPSA) is 86.7 Å². The van der Waals surface area contributed by atoms with Crippen molar-refractivity contribution in [3.63, 3.8) is 0 Å². The van der Waals surface area contributed by atoms with Gasteiger partial charge in [0.2, 0.25) is 0 Å². The Morgan fingerprint density at radius 3 is 2.75 bits per heavy atom. The smallest absolute Gasteiger partial charge is 0.303 e. The van der Waals surface area contributed by atoms with Gasteiger partial charge in [0, 0.05) is 26.1 Å². The van der Waals surface area contributed by atoms with Crippen LogP contribution >= 0.6 is 0 Å². The van der Waals surface area contributed by atoms with Gasteiger partial charge in [0.05, 0.1) is 0 Å². The second-order valence-corrected chi connectivity index (χ2v) is 7.59. The van der Waals surface area contributed by atoms with Crippen LogP contribution in [0.15, 0.2) is 0 Å². The average Bonchev–Trinajstić information content (AvgIpc) is 2.36. The third-order valence-electron chi connectivity index (χ3n) is 3.73. The summed E-state index contributed by atoms with van der Waals surface area (Å²) in [5.41, 5.74) is 0. The van der Waals surface area contributed by atoms with Gasteiger partial charge in [-0.15, -0.1) is 0 Å². The van der Waals surface area contributed by atoms with Crippen molar-refractivity contribution in [3.05, 3.63) is 0 Å². The minimum atomic E-state index is -3.38. The maximum absolute atomic E-state index is 12.1. The summed E-state index contributed by atoms with van der Waals surface area (Å²) in [6.07, 6.45) is 3.38. The summed E-state index contributed by atoms with van der Waals surface area (Å²) in [7, 11) is -3.38. The molecule has 0 radical (unpaired) electrons. The molecule has 1 rings (SSSR count). The molecular weight excluding hydrogens is 280 g/mol. The van der Waals surface area contributed by atoms with Gasteiger partial charge in [0.25, 0.3) is 10.2 Å². The summed E-state index contributed by atoms with van der Waals surface area (Å²) in [6, 6.07) is 0. The Morgan fingerprint density at radius 2 is 2.15 bits per heavy atom. The molecule has 118 valence electrons. The Kier molecular flexibility index (Phi) is 6.91. The van der Waals surface area contributed by atoms with Crippen molar-refractivity contribution >= 4 is 16.2 Å². The number of nitrogens with one attached hydrogen (secondary N) is 1. The number of carbonyl (C=O) groups is 1. The summed E-state index contributed by atoms with van der Waals surface area (Å²) >= 11 is 0. The second kappa shape index (κ2) is 7.95. The molecule has 2 atom stereocenters. The predicted octanol–water partition coefficient (Wildman–Crippen LogP) is 1.44. The second-order valence-electron chi connectivity index (χ2n) is 5.83. The highest BCUT2D eigenvalue weighted by atomic mass is 32.2. The van der Waals surface area contributed by atoms with Crippen LogP contribution in [-0.2, 0) is 15.0 Å². The van der Waals surface area contributed by atoms with Crippen LogP contribution in [0.3, 0.4) is 0 Å². The maximum atomic E-state index is 12.1. The van der Waals surface area contributed by atoms with E-state index >= 15 is 0 Å². The first-order valence-corrected chi connectivity index (χ1v) is 8.72. The van der Waals surface area contributed by atoms with Crippen molar-refractivity contribution in [1.29, 1.82) is 0 Å². The third kappa shape index (κ3) is 6.19. The van der Waals surface area contributed by atoms with Crippen LogP contribution in [0, 0.1) is 11.8 Å². The third-order valence-corrected chi connectivity index (χ3v) is 5.31. The van der Waals surface area contributed by atoms with Gasteiger partial charge in [-0.3, -0.25) is 4.79 Å². The Bertz CT molecular complexity index is 411. The zero-order valence-electron chi connectivity index (χ0n) is 12.3. The Balaban J connectivity index is 2.30. The average molecular weight is 306 g/mol. The van der Waals surface area contributed by atoms with Gasteiger partial charge in [0.15, 0.2) is 0 Å². The molecule has 7 heteroatoms. The molecule has 1 fully saturated rings. The van der Waals surface area contributed by atoms with Crippen LogP contribution in [0.4, 0.5) is 0 Å². The fourth-order valence-corrected chi connectivity index (χ4v) is 3.78. The van der Waals surface area contributed by atoms with E-state index in [9.17, 15) is 13.2 Å². The number of carboxylic acid groups (broad SMARTS) is 1. The molecule has 0 saturated carbocycles. The van der Waals surface area contributed by atoms with Gasteiger partial charge >= 0.3 is 5.97 Å². The molecule has 1 saturated heterocycles. The molecule has 20 heavy (non-hydrogen) atoms. The molecule has 0 spiro atoms. The van der Waals surface area contributed by atoms with Gasteiger partial charge in [-0.05, 0) is 37.5 Å². The molecule has 2 unspecified atom stereocenters. The minimum absolute atomic E-state index is 0.136. The van der Waals surface area contributed by atoms with Crippen LogP contribution < -0.4 is 4.72 Å². The normalized spacial score (nSPS) is 22.6. The number of carboxylic acids is 1. The largest absolute Gasteiger partial charge is 0.481 e. The van der Waals surface area contributed by atoms with Crippen molar-refractivity contribution in [2.24, 2.45) is 11.8 Å². The zero-order chi connectivity index (χ0) is 15.2. The fourth-order valence-electron chi connectivity index (χ4n) is 2.40. The number of hydrogen-bond donors (Lipinski definition) is 2. The lowest BCUT2D eigenvalue weighted by Crippen LogP contribution is -2.45. The van der Waals surface area contributed by atoms with Crippen molar-refractivity contribution in [2.75, 3.05) is 19.6 Å². The van der Waals surface area contributed by atoms with E-state index < -0.39 is 16.2 Å². The predicted molar refractivity (Wildman–Crippen MR) is 77.5 cm³/mol. The molecule has 0 aromatic carbocycles. The molecule has 1 heterocycles. The minimum Gasteiger partial charge on any atom is -0.481 e. The monoisotopic (exact) mass is 306 g/mol. The number of nitrogens with zero attached hydrogens (tertiary/aromatic N) is 1. The van der Waals surface area contributed by atoms with Crippen LogP contribution in [0.1, 0.15) is 46.0 Å². The molecular formula is C13H26N2O4S. The van der Waals surface area contributed by atoms with Gasteiger partial charge in [0.1, 0.15) is 0 Å². The molecule has 0 amide bonds. The Hall–Kier alpha value is -0.660. The lowest BCUT2D eigenvalue weighted by molar-refractivity contribution is -0.137. The molecule has 0 aliphatic carbocycles. The summed E-state index contributed by atoms with van der Waals surface area (Å²) < 4.78 is 28.3. The first kappa shape index (κ1) is 17.4. The maximum Gasteiger partial charge on any atom is 0.303 e. The van der Waals surface area contributed by atoms with Crippen molar-refractivity contribution < 1.29 is 18.3 Å². The lowest BCUT2D eigenvalue weighted by Gasteiger charge is -2.30. The van der Waals surface area contributed by atoms with Gasteiger partial charge < -0.3 is 5.11 Å². The standard InChI is InChI=1S/C13H26N2O4S/c1-11(5-6-13(16)17)7-8-14-20(18,19)15-9-3-4-12(2)10-15/h11-12,14H,3-10H2,1-2H3,(H,16,17). The van der Waals surface area contributed by atoms with Crippen molar-refractivity contribution in [1.82, 2.24) is 9.03 Å². The van der Waals surface area contributed by atoms with E-state index in [4.69, 9.17) is 5.11 Å². The molecule has 2 N–H and O–H groups in total. The van der Waals surface area contributed by atoms with E-state index in [1.165, 1.54) is 4.31 Å². The SMILES string of the molecule is CC(CCNS(=O)(=O)N1CCCC(C)C1)CCC(=O)O. The van der Waals surface area contributed by atoms with Gasteiger partial charge in [-0.2, -0.15) is 12.7 Å². The first-order chi connectivity index (χ1) is 9.31. The van der Waals surface area contributed by atoms with E-state index in [1.807, 2.05) is 6.92 Å². The van der Waals surface area contributed by atoms with Crippen LogP contribution in [0.2, 0.25) is 0 Å². The zero-order valence-corrected chi connectivity index (χ0v) is 13.2. The molecule has 1 aliphatic heterocycles. The summed E-state index contributed by atoms with van der Waals surface area (Å²) in [5, 5.41) is 8.59. The van der Waals surface area contributed by atoms with Gasteiger partial charge in [-0.25, -0.2) is 4.72 Å². The molecule has 1 aliphatic rings. The molecule has 6 nitrogen and oxygen atoms in total. The first-order valence-electron chi connectivity index (χ1n) is 7.28. The van der Waals surface area contributed by atoms with E-state index in [-0.39, 0.29) is 12.3 Å². The molecule has 0 bridgehead atoms. The van der Waals surface area contributed by atoms with Crippen molar-refractivity contribution in [2.45, 2.75) is 46.0 Å². The Morgan fingerprint density at radius 1 is 1.45 bits per heavy atom. The summed E-state index contributed by atoms with van der Waals surface area (Å²) in [4.78, 5) is 10.5. The van der Waals surface area contributed by atoms with Crippen molar-refractivity contribution in [3.8, 4) is 0 Å². The lowest BCUT2D eigenvalue weighted by atomic mass is 10.0. The van der Waals surface area contributed by atoms with Crippen LogP contribution in [0.25, 0.3) is 0 Å². The highest BCUT2D eigenvalue weighted by molar-refractivity contribution is 7.87. The quantitative estimate of drug-likeness (QED) is 0.710. The number of rotatable bonds is 8. The van der Waals surface area contributed by atoms with Crippen LogP contribution in [-0.4, -0.2) is 43.4 Å². The number of piperidine rings is 1. The van der Waals surface area contributed by atoms with E-state index in [2.05, 4.69) is 11.6 Å². The van der Waals surface area contributed by atoms with E-state index in [0.717, 1.165) is 12.8 Å². The summed E-state index contributed by atoms with van der Waals surface area (Å²) in [6.45, 7) is 5.56.